The Morgan fingerprint density at radius 3 is 1.35 bits per heavy atom. The minimum Gasteiger partial charge on any atom is -0.353 e. The molecule has 0 radical (unpaired) electrons. The van der Waals surface area contributed by atoms with Gasteiger partial charge in [0.2, 0.25) is 0 Å². The molecule has 0 unspecified atom stereocenters. The van der Waals surface area contributed by atoms with Gasteiger partial charge >= 0.3 is 0 Å². The van der Waals surface area contributed by atoms with E-state index in [9.17, 15) is 0 Å². The fourth-order valence-electron chi connectivity index (χ4n) is 3.59. The van der Waals surface area contributed by atoms with Crippen LogP contribution < -0.4 is 5.32 Å². The van der Waals surface area contributed by atoms with Crippen molar-refractivity contribution in [3.63, 3.8) is 0 Å². The highest BCUT2D eigenvalue weighted by Gasteiger charge is 2.36. The lowest BCUT2D eigenvalue weighted by Gasteiger charge is -2.39. The average Bonchev–Trinajstić information content (AvgIpc) is 2.47. The van der Waals surface area contributed by atoms with Crippen LogP contribution >= 0.6 is 31.9 Å². The normalized spacial score (nSPS) is 15.9. The molecule has 0 atom stereocenters. The summed E-state index contributed by atoms with van der Waals surface area (Å²) in [4.78, 5) is 0. The molecule has 1 nitrogen and oxygen atoms in total. The molecule has 1 N–H and O–H groups in total. The molecule has 0 fully saturated rings. The lowest BCUT2D eigenvalue weighted by atomic mass is 9.71. The third-order valence-corrected chi connectivity index (χ3v) is 6.76. The zero-order valence-electron chi connectivity index (χ0n) is 17.1. The van der Waals surface area contributed by atoms with Crippen molar-refractivity contribution in [2.75, 3.05) is 5.32 Å². The van der Waals surface area contributed by atoms with Gasteiger partial charge in [-0.25, -0.2) is 0 Å². The van der Waals surface area contributed by atoms with Gasteiger partial charge in [-0.3, -0.25) is 0 Å². The molecule has 3 rings (SSSR count). The second kappa shape index (κ2) is 6.10. The zero-order chi connectivity index (χ0) is 19.7. The number of hydrogen-bond donors (Lipinski definition) is 1. The average molecular weight is 479 g/mol. The zero-order valence-corrected chi connectivity index (χ0v) is 20.2. The minimum atomic E-state index is -0.0799. The first kappa shape index (κ1) is 19.9. The highest BCUT2D eigenvalue weighted by atomic mass is 79.9. The number of rotatable bonds is 0. The van der Waals surface area contributed by atoms with E-state index in [2.05, 4.69) is 117 Å². The molecule has 2 aromatic rings. The molecule has 3 heteroatoms. The third kappa shape index (κ3) is 3.26. The number of anilines is 2. The molecule has 0 spiro atoms. The Morgan fingerprint density at radius 2 is 1.04 bits per heavy atom. The molecule has 26 heavy (non-hydrogen) atoms. The van der Waals surface area contributed by atoms with Gasteiger partial charge < -0.3 is 5.32 Å². The molecule has 0 saturated heterocycles. The van der Waals surface area contributed by atoms with Crippen LogP contribution in [0, 0.1) is 0 Å². The maximum atomic E-state index is 3.82. The standard InChI is InChI=1S/C23H29Br2N/c1-21(2,3)13-9-15-19(17(24)11-13)26-20-16(23(15,7)8)10-14(12-18(20)25)22(4,5)6/h9-12,26H,1-8H3. The monoisotopic (exact) mass is 477 g/mol. The maximum Gasteiger partial charge on any atom is 0.0570 e. The molecule has 0 saturated carbocycles. The summed E-state index contributed by atoms with van der Waals surface area (Å²) >= 11 is 7.64. The molecule has 0 bridgehead atoms. The van der Waals surface area contributed by atoms with Crippen LogP contribution in [0.2, 0.25) is 0 Å². The first-order valence-corrected chi connectivity index (χ1v) is 10.8. The highest BCUT2D eigenvalue weighted by Crippen LogP contribution is 2.52. The summed E-state index contributed by atoms with van der Waals surface area (Å²) in [5.41, 5.74) is 7.91. The fraction of sp³-hybridized carbons (Fsp3) is 0.478. The smallest absolute Gasteiger partial charge is 0.0570 e. The molecule has 0 aromatic heterocycles. The van der Waals surface area contributed by atoms with Crippen LogP contribution in [0.5, 0.6) is 0 Å². The summed E-state index contributed by atoms with van der Waals surface area (Å²) in [5, 5.41) is 3.70. The Labute approximate surface area is 175 Å². The van der Waals surface area contributed by atoms with E-state index >= 15 is 0 Å². The predicted octanol–water partition coefficient (Wildman–Crippen LogP) is 8.19. The molecule has 0 aliphatic carbocycles. The largest absolute Gasteiger partial charge is 0.353 e. The maximum absolute atomic E-state index is 3.82. The van der Waals surface area contributed by atoms with Gasteiger partial charge in [-0.2, -0.15) is 0 Å². The van der Waals surface area contributed by atoms with Gasteiger partial charge in [0, 0.05) is 14.4 Å². The van der Waals surface area contributed by atoms with Gasteiger partial charge in [0.15, 0.2) is 0 Å². The van der Waals surface area contributed by atoms with Gasteiger partial charge in [-0.15, -0.1) is 0 Å². The minimum absolute atomic E-state index is 0.0799. The van der Waals surface area contributed by atoms with E-state index in [1.807, 2.05) is 0 Å². The fourth-order valence-corrected chi connectivity index (χ4v) is 4.71. The second-order valence-electron chi connectivity index (χ2n) is 10.0. The van der Waals surface area contributed by atoms with E-state index in [0.717, 1.165) is 8.95 Å². The van der Waals surface area contributed by atoms with Crippen LogP contribution in [-0.4, -0.2) is 0 Å². The molecular weight excluding hydrogens is 450 g/mol. The van der Waals surface area contributed by atoms with Crippen molar-refractivity contribution in [2.24, 2.45) is 0 Å². The number of halogens is 2. The van der Waals surface area contributed by atoms with Gasteiger partial charge in [-0.05, 0) is 77.1 Å². The molecule has 1 heterocycles. The third-order valence-electron chi connectivity index (χ3n) is 5.51. The van der Waals surface area contributed by atoms with Crippen molar-refractivity contribution >= 4 is 43.2 Å². The summed E-state index contributed by atoms with van der Waals surface area (Å²) in [6.07, 6.45) is 0. The van der Waals surface area contributed by atoms with Crippen LogP contribution in [0.3, 0.4) is 0 Å². The summed E-state index contributed by atoms with van der Waals surface area (Å²) in [5.74, 6) is 0. The van der Waals surface area contributed by atoms with E-state index in [0.29, 0.717) is 0 Å². The Morgan fingerprint density at radius 1 is 0.692 bits per heavy atom. The van der Waals surface area contributed by atoms with Crippen LogP contribution in [-0.2, 0) is 16.2 Å². The van der Waals surface area contributed by atoms with Crippen LogP contribution in [0.15, 0.2) is 33.2 Å². The van der Waals surface area contributed by atoms with Gasteiger partial charge in [0.05, 0.1) is 11.4 Å². The molecule has 1 aliphatic heterocycles. The Kier molecular flexibility index (Phi) is 4.68. The van der Waals surface area contributed by atoms with Crippen molar-refractivity contribution in [3.8, 4) is 0 Å². The first-order valence-electron chi connectivity index (χ1n) is 9.19. The van der Waals surface area contributed by atoms with E-state index < -0.39 is 0 Å². The number of benzene rings is 2. The molecular formula is C23H29Br2N. The van der Waals surface area contributed by atoms with Crippen molar-refractivity contribution in [3.05, 3.63) is 55.5 Å². The molecule has 1 aliphatic rings. The number of fused-ring (bicyclic) bond motifs is 2. The Hall–Kier alpha value is -0.800. The van der Waals surface area contributed by atoms with Crippen LogP contribution in [0.1, 0.15) is 77.6 Å². The second-order valence-corrected chi connectivity index (χ2v) is 11.7. The lowest BCUT2D eigenvalue weighted by Crippen LogP contribution is -2.28. The van der Waals surface area contributed by atoms with Crippen molar-refractivity contribution in [1.29, 1.82) is 0 Å². The molecule has 2 aromatic carbocycles. The SMILES string of the molecule is CC(C)(C)c1cc(Br)c2c(c1)C(C)(C)c1cc(C(C)(C)C)cc(Br)c1N2. The van der Waals surface area contributed by atoms with Gasteiger partial charge in [0.25, 0.3) is 0 Å². The van der Waals surface area contributed by atoms with Crippen LogP contribution in [0.4, 0.5) is 11.4 Å². The summed E-state index contributed by atoms with van der Waals surface area (Å²) in [6, 6.07) is 9.27. The van der Waals surface area contributed by atoms with Crippen molar-refractivity contribution < 1.29 is 0 Å². The van der Waals surface area contributed by atoms with Crippen LogP contribution in [0.25, 0.3) is 0 Å². The number of hydrogen-bond acceptors (Lipinski definition) is 1. The topological polar surface area (TPSA) is 12.0 Å². The molecule has 140 valence electrons. The number of nitrogens with one attached hydrogen (secondary N) is 1. The lowest BCUT2D eigenvalue weighted by molar-refractivity contribution is 0.574. The van der Waals surface area contributed by atoms with E-state index in [1.54, 1.807) is 0 Å². The Bertz CT molecular complexity index is 809. The van der Waals surface area contributed by atoms with Gasteiger partial charge in [-0.1, -0.05) is 67.5 Å². The highest BCUT2D eigenvalue weighted by molar-refractivity contribution is 9.11. The van der Waals surface area contributed by atoms with Gasteiger partial charge in [0.1, 0.15) is 0 Å². The summed E-state index contributed by atoms with van der Waals surface area (Å²) in [6.45, 7) is 18.3. The molecule has 0 amide bonds. The van der Waals surface area contributed by atoms with E-state index in [1.165, 1.54) is 33.6 Å². The summed E-state index contributed by atoms with van der Waals surface area (Å²) in [7, 11) is 0. The van der Waals surface area contributed by atoms with Crippen molar-refractivity contribution in [2.45, 2.75) is 71.6 Å². The Balaban J connectivity index is 2.29. The van der Waals surface area contributed by atoms with E-state index in [-0.39, 0.29) is 16.2 Å². The quantitative estimate of drug-likeness (QED) is 0.402. The first-order chi connectivity index (χ1) is 11.7. The van der Waals surface area contributed by atoms with E-state index in [4.69, 9.17) is 0 Å². The summed E-state index contributed by atoms with van der Waals surface area (Å²) < 4.78 is 2.26. The predicted molar refractivity (Wildman–Crippen MR) is 121 cm³/mol. The van der Waals surface area contributed by atoms with Crippen molar-refractivity contribution in [1.82, 2.24) is 0 Å².